The Kier molecular flexibility index (Phi) is 11.0. The Bertz CT molecular complexity index is 1110. The SMILES string of the molecule is C/C=N\C(C)C(C)c1ccc([C@H](C)CCNC(=O)C2C[C@@H](O)CC2CC(=O)[C@H](C(C)C)n2cccn2)c(C)c1. The summed E-state index contributed by atoms with van der Waals surface area (Å²) < 4.78 is 1.71. The zero-order valence-corrected chi connectivity index (χ0v) is 24.8. The number of amides is 1. The van der Waals surface area contributed by atoms with Crippen LogP contribution in [0.3, 0.4) is 0 Å². The second kappa shape index (κ2) is 14.0. The Hall–Kier alpha value is -2.80. The van der Waals surface area contributed by atoms with Crippen molar-refractivity contribution in [1.29, 1.82) is 0 Å². The Morgan fingerprint density at radius 1 is 1.21 bits per heavy atom. The highest BCUT2D eigenvalue weighted by Crippen LogP contribution is 2.37. The van der Waals surface area contributed by atoms with Gasteiger partial charge in [-0.2, -0.15) is 5.10 Å². The fraction of sp³-hybridized carbons (Fsp3) is 0.625. The molecule has 0 bridgehead atoms. The first-order valence-electron chi connectivity index (χ1n) is 14.6. The van der Waals surface area contributed by atoms with Crippen molar-refractivity contribution >= 4 is 17.9 Å². The van der Waals surface area contributed by atoms with Crippen LogP contribution in [0, 0.1) is 24.7 Å². The number of carbonyl (C=O) groups excluding carboxylic acids is 2. The fourth-order valence-corrected chi connectivity index (χ4v) is 6.17. The number of benzene rings is 1. The van der Waals surface area contributed by atoms with Crippen LogP contribution in [0.4, 0.5) is 0 Å². The number of aliphatic hydroxyl groups excluding tert-OH is 1. The topological polar surface area (TPSA) is 96.6 Å². The molecule has 39 heavy (non-hydrogen) atoms. The third-order valence-electron chi connectivity index (χ3n) is 8.58. The maximum Gasteiger partial charge on any atom is 0.223 e. The van der Waals surface area contributed by atoms with E-state index in [0.717, 1.165) is 6.42 Å². The number of hydrogen-bond donors (Lipinski definition) is 2. The molecule has 7 atom stereocenters. The minimum Gasteiger partial charge on any atom is -0.393 e. The van der Waals surface area contributed by atoms with Gasteiger partial charge < -0.3 is 10.4 Å². The number of aromatic nitrogens is 2. The van der Waals surface area contributed by atoms with E-state index in [9.17, 15) is 14.7 Å². The first-order valence-corrected chi connectivity index (χ1v) is 14.6. The van der Waals surface area contributed by atoms with E-state index in [1.807, 2.05) is 39.2 Å². The summed E-state index contributed by atoms with van der Waals surface area (Å²) in [5.41, 5.74) is 3.85. The number of Topliss-reactive ketones (excluding diaryl/α,β-unsaturated/α-hetero) is 1. The van der Waals surface area contributed by atoms with Crippen molar-refractivity contribution in [3.63, 3.8) is 0 Å². The van der Waals surface area contributed by atoms with E-state index in [4.69, 9.17) is 0 Å². The molecular weight excluding hydrogens is 488 g/mol. The molecule has 0 aliphatic heterocycles. The lowest BCUT2D eigenvalue weighted by atomic mass is 9.86. The van der Waals surface area contributed by atoms with Gasteiger partial charge in [-0.25, -0.2) is 0 Å². The average Bonchev–Trinajstić information content (AvgIpc) is 3.53. The van der Waals surface area contributed by atoms with Crippen molar-refractivity contribution in [3.8, 4) is 0 Å². The van der Waals surface area contributed by atoms with Crippen LogP contribution in [0.25, 0.3) is 0 Å². The molecule has 7 heteroatoms. The number of ketones is 1. The van der Waals surface area contributed by atoms with Gasteiger partial charge in [0.25, 0.3) is 0 Å². The van der Waals surface area contributed by atoms with Gasteiger partial charge in [0.05, 0.1) is 12.1 Å². The molecule has 7 nitrogen and oxygen atoms in total. The lowest BCUT2D eigenvalue weighted by molar-refractivity contribution is -0.128. The Balaban J connectivity index is 1.56. The number of nitrogens with one attached hydrogen (secondary N) is 1. The molecule has 2 aromatic rings. The van der Waals surface area contributed by atoms with Crippen molar-refractivity contribution in [2.75, 3.05) is 6.54 Å². The van der Waals surface area contributed by atoms with Gasteiger partial charge >= 0.3 is 0 Å². The number of rotatable bonds is 13. The van der Waals surface area contributed by atoms with Crippen molar-refractivity contribution < 1.29 is 14.7 Å². The van der Waals surface area contributed by atoms with E-state index in [-0.39, 0.29) is 47.9 Å². The first kappa shape index (κ1) is 30.7. The van der Waals surface area contributed by atoms with Crippen molar-refractivity contribution in [3.05, 3.63) is 53.3 Å². The van der Waals surface area contributed by atoms with E-state index in [1.165, 1.54) is 16.7 Å². The molecule has 2 N–H and O–H groups in total. The van der Waals surface area contributed by atoms with Crippen LogP contribution in [-0.2, 0) is 9.59 Å². The maximum atomic E-state index is 13.3. The van der Waals surface area contributed by atoms with E-state index >= 15 is 0 Å². The summed E-state index contributed by atoms with van der Waals surface area (Å²) in [5.74, 6) is 0.254. The molecule has 1 heterocycles. The van der Waals surface area contributed by atoms with Gasteiger partial charge in [0.1, 0.15) is 6.04 Å². The summed E-state index contributed by atoms with van der Waals surface area (Å²) in [6.45, 7) is 15.3. The molecule has 4 unspecified atom stereocenters. The van der Waals surface area contributed by atoms with Crippen LogP contribution in [0.1, 0.15) is 102 Å². The third kappa shape index (κ3) is 7.87. The number of hydrogen-bond acceptors (Lipinski definition) is 5. The van der Waals surface area contributed by atoms with Crippen molar-refractivity contribution in [2.24, 2.45) is 22.7 Å². The van der Waals surface area contributed by atoms with Crippen molar-refractivity contribution in [2.45, 2.75) is 104 Å². The monoisotopic (exact) mass is 536 g/mol. The fourth-order valence-electron chi connectivity index (χ4n) is 6.17. The van der Waals surface area contributed by atoms with E-state index < -0.39 is 6.10 Å². The van der Waals surface area contributed by atoms with Gasteiger partial charge in [0.2, 0.25) is 5.91 Å². The summed E-state index contributed by atoms with van der Waals surface area (Å²) in [7, 11) is 0. The summed E-state index contributed by atoms with van der Waals surface area (Å²) >= 11 is 0. The molecule has 1 amide bonds. The summed E-state index contributed by atoms with van der Waals surface area (Å²) in [4.78, 5) is 31.0. The number of aliphatic imine (C=N–C) groups is 1. The quantitative estimate of drug-likeness (QED) is 0.324. The third-order valence-corrected chi connectivity index (χ3v) is 8.58. The smallest absolute Gasteiger partial charge is 0.223 e. The summed E-state index contributed by atoms with van der Waals surface area (Å²) in [6.07, 6.45) is 6.81. The molecule has 1 aliphatic carbocycles. The van der Waals surface area contributed by atoms with Crippen LogP contribution < -0.4 is 5.32 Å². The number of carbonyl (C=O) groups is 2. The zero-order chi connectivity index (χ0) is 28.7. The number of aliphatic hydroxyl groups is 1. The van der Waals surface area contributed by atoms with Crippen LogP contribution in [-0.4, -0.2) is 51.5 Å². The standard InChI is InChI=1S/C32H48N4O3/c1-8-33-24(7)23(6)25-10-11-28(22(5)16-25)21(4)12-14-34-32(39)29-19-27(37)17-26(29)18-30(38)31(20(2)3)36-15-9-13-35-36/h8-11,13,15-16,20-21,23-24,26-27,29,31,37H,12,14,17-19H2,1-7H3,(H,34,39)/b33-8-/t21-,23?,24?,26?,27+,29?,31+/m1/s1. The Labute approximate surface area is 234 Å². The van der Waals surface area contributed by atoms with Crippen LogP contribution in [0.2, 0.25) is 0 Å². The predicted octanol–water partition coefficient (Wildman–Crippen LogP) is 5.63. The number of aryl methyl sites for hydroxylation is 1. The zero-order valence-electron chi connectivity index (χ0n) is 24.8. The molecule has 0 radical (unpaired) electrons. The molecule has 1 aromatic carbocycles. The summed E-state index contributed by atoms with van der Waals surface area (Å²) in [6, 6.07) is 8.39. The van der Waals surface area contributed by atoms with Crippen molar-refractivity contribution in [1.82, 2.24) is 15.1 Å². The maximum absolute atomic E-state index is 13.3. The highest BCUT2D eigenvalue weighted by Gasteiger charge is 2.40. The highest BCUT2D eigenvalue weighted by atomic mass is 16.3. The van der Waals surface area contributed by atoms with E-state index in [0.29, 0.717) is 31.2 Å². The Morgan fingerprint density at radius 3 is 2.56 bits per heavy atom. The summed E-state index contributed by atoms with van der Waals surface area (Å²) in [5, 5.41) is 17.8. The van der Waals surface area contributed by atoms with Gasteiger partial charge in [0, 0.05) is 37.2 Å². The minimum atomic E-state index is -0.547. The van der Waals surface area contributed by atoms with E-state index in [1.54, 1.807) is 10.9 Å². The second-order valence-corrected chi connectivity index (χ2v) is 11.9. The molecule has 0 saturated heterocycles. The largest absolute Gasteiger partial charge is 0.393 e. The van der Waals surface area contributed by atoms with Gasteiger partial charge in [-0.05, 0) is 86.8 Å². The predicted molar refractivity (Wildman–Crippen MR) is 157 cm³/mol. The molecule has 0 spiro atoms. The second-order valence-electron chi connectivity index (χ2n) is 11.9. The first-order chi connectivity index (χ1) is 18.5. The van der Waals surface area contributed by atoms with Gasteiger partial charge in [-0.1, -0.05) is 45.9 Å². The number of nitrogens with zero attached hydrogens (tertiary/aromatic N) is 3. The van der Waals surface area contributed by atoms with E-state index in [2.05, 4.69) is 61.3 Å². The Morgan fingerprint density at radius 2 is 1.95 bits per heavy atom. The van der Waals surface area contributed by atoms with Gasteiger partial charge in [-0.3, -0.25) is 19.3 Å². The van der Waals surface area contributed by atoms with Gasteiger partial charge in [0.15, 0.2) is 5.78 Å². The van der Waals surface area contributed by atoms with Crippen LogP contribution in [0.5, 0.6) is 0 Å². The molecule has 1 fully saturated rings. The molecular formula is C32H48N4O3. The molecule has 1 saturated carbocycles. The normalized spacial score (nSPS) is 22.6. The molecule has 1 aliphatic rings. The van der Waals surface area contributed by atoms with Crippen LogP contribution in [0.15, 0.2) is 41.7 Å². The highest BCUT2D eigenvalue weighted by molar-refractivity contribution is 5.85. The average molecular weight is 537 g/mol. The molecule has 214 valence electrons. The van der Waals surface area contributed by atoms with Gasteiger partial charge in [-0.15, -0.1) is 0 Å². The molecule has 3 rings (SSSR count). The van der Waals surface area contributed by atoms with Crippen LogP contribution >= 0.6 is 0 Å². The minimum absolute atomic E-state index is 0.0527. The molecule has 1 aromatic heterocycles. The lowest BCUT2D eigenvalue weighted by Crippen LogP contribution is -2.35. The lowest BCUT2D eigenvalue weighted by Gasteiger charge is -2.24.